The summed E-state index contributed by atoms with van der Waals surface area (Å²) in [5, 5.41) is 13.4. The van der Waals surface area contributed by atoms with Crippen molar-refractivity contribution in [3.8, 4) is 0 Å². The van der Waals surface area contributed by atoms with Gasteiger partial charge in [0, 0.05) is 39.6 Å². The number of aromatic nitrogens is 1. The first-order valence-electron chi connectivity index (χ1n) is 13.0. The van der Waals surface area contributed by atoms with Gasteiger partial charge in [0.2, 0.25) is 0 Å². The number of sulfone groups is 1. The molecule has 0 radical (unpaired) electrons. The van der Waals surface area contributed by atoms with Crippen LogP contribution in [-0.2, 0) is 22.4 Å². The average Bonchev–Trinajstić information content (AvgIpc) is 3.29. The van der Waals surface area contributed by atoms with Crippen LogP contribution in [0.3, 0.4) is 0 Å². The number of fused-ring (bicyclic) bond motifs is 1. The van der Waals surface area contributed by atoms with Crippen molar-refractivity contribution in [1.82, 2.24) is 9.88 Å². The van der Waals surface area contributed by atoms with E-state index in [0.717, 1.165) is 11.6 Å². The Labute approximate surface area is 241 Å². The van der Waals surface area contributed by atoms with E-state index in [1.54, 1.807) is 43.3 Å². The monoisotopic (exact) mass is 606 g/mol. The molecule has 6 nitrogen and oxygen atoms in total. The lowest BCUT2D eigenvalue weighted by atomic mass is 10.0. The van der Waals surface area contributed by atoms with Gasteiger partial charge in [0.15, 0.2) is 9.84 Å². The Balaban J connectivity index is 1.63. The van der Waals surface area contributed by atoms with Crippen LogP contribution in [0.1, 0.15) is 65.6 Å². The Hall–Kier alpha value is -3.34. The quantitative estimate of drug-likeness (QED) is 0.221. The highest BCUT2D eigenvalue weighted by atomic mass is 35.5. The molecule has 2 N–H and O–H groups in total. The molecule has 4 aromatic rings. The Morgan fingerprint density at radius 2 is 1.71 bits per heavy atom. The molecule has 1 unspecified atom stereocenters. The molecule has 3 aromatic carbocycles. The van der Waals surface area contributed by atoms with Gasteiger partial charge in [-0.1, -0.05) is 36.7 Å². The molecule has 0 aliphatic carbocycles. The van der Waals surface area contributed by atoms with Gasteiger partial charge in [-0.2, -0.15) is 13.2 Å². The number of rotatable bonds is 9. The summed E-state index contributed by atoms with van der Waals surface area (Å²) in [4.78, 5) is 13.3. The highest BCUT2D eigenvalue weighted by Crippen LogP contribution is 2.36. The smallest absolute Gasteiger partial charge is 0.394 e. The molecule has 0 spiro atoms. The van der Waals surface area contributed by atoms with E-state index in [9.17, 15) is 31.5 Å². The minimum Gasteiger partial charge on any atom is -0.394 e. The van der Waals surface area contributed by atoms with Crippen molar-refractivity contribution in [2.45, 2.75) is 50.3 Å². The van der Waals surface area contributed by atoms with Gasteiger partial charge in [0.05, 0.1) is 28.9 Å². The number of benzene rings is 3. The van der Waals surface area contributed by atoms with Gasteiger partial charge in [-0.25, -0.2) is 8.42 Å². The second-order valence-corrected chi connectivity index (χ2v) is 12.7. The molecule has 0 bridgehead atoms. The third kappa shape index (κ3) is 6.60. The zero-order valence-corrected chi connectivity index (χ0v) is 24.2. The lowest BCUT2D eigenvalue weighted by Gasteiger charge is -2.18. The summed E-state index contributed by atoms with van der Waals surface area (Å²) in [6.07, 6.45) is -4.55. The predicted octanol–water partition coefficient (Wildman–Crippen LogP) is 6.74. The Morgan fingerprint density at radius 1 is 1.02 bits per heavy atom. The largest absolute Gasteiger partial charge is 0.416 e. The molecule has 0 aliphatic heterocycles. The van der Waals surface area contributed by atoms with E-state index >= 15 is 0 Å². The first-order chi connectivity index (χ1) is 19.2. The van der Waals surface area contributed by atoms with Gasteiger partial charge in [0.25, 0.3) is 5.91 Å². The van der Waals surface area contributed by atoms with E-state index in [1.165, 1.54) is 24.3 Å². The molecule has 11 heteroatoms. The number of halogens is 4. The van der Waals surface area contributed by atoms with Crippen LogP contribution in [0.25, 0.3) is 10.9 Å². The lowest BCUT2D eigenvalue weighted by molar-refractivity contribution is -0.138. The fourth-order valence-electron chi connectivity index (χ4n) is 4.89. The highest BCUT2D eigenvalue weighted by molar-refractivity contribution is 7.91. The summed E-state index contributed by atoms with van der Waals surface area (Å²) < 4.78 is 67.3. The first-order valence-corrected chi connectivity index (χ1v) is 15.0. The number of amides is 1. The molecule has 1 atom stereocenters. The number of aliphatic hydroxyl groups excluding tert-OH is 1. The summed E-state index contributed by atoms with van der Waals surface area (Å²) in [6.45, 7) is 4.99. The van der Waals surface area contributed by atoms with E-state index in [-0.39, 0.29) is 33.7 Å². The molecule has 0 fully saturated rings. The van der Waals surface area contributed by atoms with E-state index in [4.69, 9.17) is 11.6 Å². The lowest BCUT2D eigenvalue weighted by Crippen LogP contribution is -2.30. The number of hydrogen-bond donors (Lipinski definition) is 2. The zero-order valence-electron chi connectivity index (χ0n) is 22.7. The highest BCUT2D eigenvalue weighted by Gasteiger charge is 2.34. The maximum absolute atomic E-state index is 13.7. The van der Waals surface area contributed by atoms with Crippen molar-refractivity contribution in [3.63, 3.8) is 0 Å². The summed E-state index contributed by atoms with van der Waals surface area (Å²) in [5.74, 6) is -0.509. The number of alkyl halides is 3. The van der Waals surface area contributed by atoms with Gasteiger partial charge in [-0.05, 0) is 73.5 Å². The van der Waals surface area contributed by atoms with E-state index in [2.05, 4.69) is 5.32 Å². The van der Waals surface area contributed by atoms with Gasteiger partial charge in [0.1, 0.15) is 0 Å². The normalized spacial score (nSPS) is 13.1. The minimum absolute atomic E-state index is 0.00394. The number of carbonyl (C=O) groups is 1. The second kappa shape index (κ2) is 11.9. The molecule has 1 amide bonds. The van der Waals surface area contributed by atoms with Crippen molar-refractivity contribution in [1.29, 1.82) is 0 Å². The van der Waals surface area contributed by atoms with Gasteiger partial charge in [-0.3, -0.25) is 4.79 Å². The Kier molecular flexibility index (Phi) is 8.87. The van der Waals surface area contributed by atoms with Crippen LogP contribution in [0.4, 0.5) is 13.2 Å². The van der Waals surface area contributed by atoms with Crippen LogP contribution < -0.4 is 5.32 Å². The van der Waals surface area contributed by atoms with Crippen molar-refractivity contribution in [2.75, 3.05) is 12.4 Å². The Morgan fingerprint density at radius 3 is 2.29 bits per heavy atom. The number of carbonyl (C=O) groups excluding carboxylic acids is 1. The van der Waals surface area contributed by atoms with E-state index in [1.807, 2.05) is 18.4 Å². The van der Waals surface area contributed by atoms with E-state index in [0.29, 0.717) is 22.2 Å². The van der Waals surface area contributed by atoms with Gasteiger partial charge >= 0.3 is 6.18 Å². The summed E-state index contributed by atoms with van der Waals surface area (Å²) in [6, 6.07) is 15.7. The molecular weight excluding hydrogens is 577 g/mol. The summed E-state index contributed by atoms with van der Waals surface area (Å²) in [5.41, 5.74) is 1.55. The second-order valence-electron chi connectivity index (χ2n) is 10.0. The number of nitrogens with zero attached hydrogens (tertiary/aromatic N) is 1. The van der Waals surface area contributed by atoms with Crippen LogP contribution >= 0.6 is 11.6 Å². The molecule has 218 valence electrons. The van der Waals surface area contributed by atoms with Gasteiger partial charge < -0.3 is 15.0 Å². The molecule has 41 heavy (non-hydrogen) atoms. The predicted molar refractivity (Wildman–Crippen MR) is 153 cm³/mol. The summed E-state index contributed by atoms with van der Waals surface area (Å²) in [7, 11) is -3.39. The first kappa shape index (κ1) is 30.6. The average molecular weight is 607 g/mol. The maximum atomic E-state index is 13.7. The third-order valence-electron chi connectivity index (χ3n) is 6.96. The van der Waals surface area contributed by atoms with Crippen molar-refractivity contribution < 1.29 is 31.5 Å². The SMILES string of the molecule is CCS(=O)(=O)c1ccc(C(CO)NC(=O)c2ccc3c(c2)cc(Cc2ccc(Cl)cc2C(F)(F)F)n3C(C)C)cc1. The molecule has 0 saturated carbocycles. The van der Waals surface area contributed by atoms with Crippen LogP contribution in [-0.4, -0.2) is 36.4 Å². The standard InChI is InChI=1S/C30H30ClF3N2O4S/c1-4-41(39,40)25-10-6-19(7-11-25)27(17-37)35-29(38)21-8-12-28-22(13-21)15-24(36(28)18(2)3)14-20-5-9-23(31)16-26(20)30(32,33)34/h5-13,15-16,18,27,37H,4,14,17H2,1-3H3,(H,35,38). The molecular formula is C30H30ClF3N2O4S. The molecule has 1 aromatic heterocycles. The molecule has 0 saturated heterocycles. The minimum atomic E-state index is -4.56. The van der Waals surface area contributed by atoms with Crippen LogP contribution in [0.2, 0.25) is 5.02 Å². The van der Waals surface area contributed by atoms with Crippen LogP contribution in [0, 0.1) is 0 Å². The van der Waals surface area contributed by atoms with E-state index < -0.39 is 40.1 Å². The number of hydrogen-bond acceptors (Lipinski definition) is 4. The van der Waals surface area contributed by atoms with Gasteiger partial charge in [-0.15, -0.1) is 0 Å². The summed E-state index contributed by atoms with van der Waals surface area (Å²) >= 11 is 5.85. The molecule has 0 aliphatic rings. The van der Waals surface area contributed by atoms with Crippen LogP contribution in [0.15, 0.2) is 71.6 Å². The fourth-order valence-corrected chi connectivity index (χ4v) is 5.95. The number of aliphatic hydroxyl groups is 1. The number of nitrogens with one attached hydrogen (secondary N) is 1. The zero-order chi connectivity index (χ0) is 30.1. The molecule has 4 rings (SSSR count). The topological polar surface area (TPSA) is 88.4 Å². The van der Waals surface area contributed by atoms with Crippen molar-refractivity contribution >= 4 is 38.2 Å². The Bertz CT molecular complexity index is 1680. The maximum Gasteiger partial charge on any atom is 0.416 e. The molecule has 1 heterocycles. The van der Waals surface area contributed by atoms with Crippen LogP contribution in [0.5, 0.6) is 0 Å². The van der Waals surface area contributed by atoms with Crippen molar-refractivity contribution in [3.05, 3.63) is 99.7 Å². The van der Waals surface area contributed by atoms with Crippen molar-refractivity contribution in [2.24, 2.45) is 0 Å². The third-order valence-corrected chi connectivity index (χ3v) is 8.94. The fraction of sp³-hybridized carbons (Fsp3) is 0.300.